The largest absolute Gasteiger partial charge is 0.340 e. The number of carbonyl (C=O) groups excluding carboxylic acids is 1. The van der Waals surface area contributed by atoms with E-state index < -0.39 is 0 Å². The zero-order chi connectivity index (χ0) is 21.4. The molecule has 30 heavy (non-hydrogen) atoms. The third kappa shape index (κ3) is 3.36. The number of likely N-dealkylation sites (N-methyl/N-ethyl adjacent to an activating group) is 1. The molecule has 2 aliphatic heterocycles. The maximum Gasteiger partial charge on any atom is 0.271 e. The van der Waals surface area contributed by atoms with E-state index in [4.69, 9.17) is 12.2 Å². The Morgan fingerprint density at radius 3 is 2.40 bits per heavy atom. The third-order valence-electron chi connectivity index (χ3n) is 5.18. The fraction of sp³-hybridized carbons (Fsp3) is 0.318. The smallest absolute Gasteiger partial charge is 0.271 e. The van der Waals surface area contributed by atoms with Gasteiger partial charge in [-0.15, -0.1) is 11.3 Å². The van der Waals surface area contributed by atoms with Crippen molar-refractivity contribution in [1.29, 1.82) is 0 Å². The zero-order valence-corrected chi connectivity index (χ0v) is 19.6. The molecule has 1 fully saturated rings. The molecule has 5 nitrogen and oxygen atoms in total. The summed E-state index contributed by atoms with van der Waals surface area (Å²) in [6.45, 7) is 7.87. The van der Waals surface area contributed by atoms with Gasteiger partial charge in [-0.05, 0) is 38.0 Å². The number of nitrogens with zero attached hydrogens (tertiary/aromatic N) is 3. The van der Waals surface area contributed by atoms with Gasteiger partial charge in [0.1, 0.15) is 18.4 Å². The van der Waals surface area contributed by atoms with E-state index in [1.807, 2.05) is 32.1 Å². The van der Waals surface area contributed by atoms with Crippen molar-refractivity contribution in [1.82, 2.24) is 9.47 Å². The fourth-order valence-electron chi connectivity index (χ4n) is 3.77. The van der Waals surface area contributed by atoms with Crippen LogP contribution in [0.15, 0.2) is 35.1 Å². The molecule has 0 radical (unpaired) electrons. The summed E-state index contributed by atoms with van der Waals surface area (Å²) in [5.41, 5.74) is 3.06. The summed E-state index contributed by atoms with van der Waals surface area (Å²) in [6, 6.07) is 8.17. The second-order valence-corrected chi connectivity index (χ2v) is 9.60. The van der Waals surface area contributed by atoms with Crippen LogP contribution in [0.5, 0.6) is 0 Å². The molecule has 0 saturated carbocycles. The Labute approximate surface area is 189 Å². The standard InChI is InChI=1S/C22H23N3O2S3/c1-4-13-25-19(26)17(29-21(25)18-20(27)24(6-3)22(28)30-18)16-12-11-14-9-7-8-10-15(14)23(16)5-2/h7-12H,4-6,13H2,1-3H3. The predicted octanol–water partition coefficient (Wildman–Crippen LogP) is 2.97. The van der Waals surface area contributed by atoms with Crippen LogP contribution < -0.4 is 19.7 Å². The van der Waals surface area contributed by atoms with E-state index in [2.05, 4.69) is 30.0 Å². The van der Waals surface area contributed by atoms with E-state index in [0.717, 1.165) is 29.9 Å². The summed E-state index contributed by atoms with van der Waals surface area (Å²) < 4.78 is 3.67. The number of thiocarbonyl (C=S) groups is 1. The van der Waals surface area contributed by atoms with Crippen molar-refractivity contribution in [2.24, 2.45) is 0 Å². The zero-order valence-electron chi connectivity index (χ0n) is 17.2. The van der Waals surface area contributed by atoms with Gasteiger partial charge >= 0.3 is 0 Å². The summed E-state index contributed by atoms with van der Waals surface area (Å²) in [6.07, 6.45) is 4.87. The fourth-order valence-corrected chi connectivity index (χ4v) is 6.51. The summed E-state index contributed by atoms with van der Waals surface area (Å²) in [4.78, 5) is 30.7. The van der Waals surface area contributed by atoms with Crippen molar-refractivity contribution < 1.29 is 4.79 Å². The van der Waals surface area contributed by atoms with E-state index >= 15 is 0 Å². The molecule has 1 amide bonds. The molecule has 2 aliphatic rings. The van der Waals surface area contributed by atoms with Gasteiger partial charge in [0.15, 0.2) is 0 Å². The Morgan fingerprint density at radius 1 is 1.00 bits per heavy atom. The van der Waals surface area contributed by atoms with E-state index in [9.17, 15) is 9.59 Å². The highest BCUT2D eigenvalue weighted by atomic mass is 32.2. The number of anilines is 1. The van der Waals surface area contributed by atoms with Gasteiger partial charge in [0.2, 0.25) is 0 Å². The molecule has 8 heteroatoms. The highest BCUT2D eigenvalue weighted by Gasteiger charge is 2.33. The van der Waals surface area contributed by atoms with E-state index in [0.29, 0.717) is 31.5 Å². The Kier molecular flexibility index (Phi) is 5.99. The number of para-hydroxylation sites is 1. The molecular weight excluding hydrogens is 434 g/mol. The average Bonchev–Trinajstić information content (AvgIpc) is 3.22. The van der Waals surface area contributed by atoms with Crippen LogP contribution in [0.2, 0.25) is 0 Å². The van der Waals surface area contributed by atoms with Gasteiger partial charge in [-0.3, -0.25) is 19.1 Å². The molecule has 0 bridgehead atoms. The highest BCUT2D eigenvalue weighted by molar-refractivity contribution is 8.30. The summed E-state index contributed by atoms with van der Waals surface area (Å²) in [7, 11) is 0. The van der Waals surface area contributed by atoms with Crippen LogP contribution in [-0.2, 0) is 11.3 Å². The van der Waals surface area contributed by atoms with Gasteiger partial charge in [-0.25, -0.2) is 0 Å². The van der Waals surface area contributed by atoms with Crippen LogP contribution in [0.4, 0.5) is 5.69 Å². The number of benzene rings is 1. The minimum atomic E-state index is -0.105. The van der Waals surface area contributed by atoms with Crippen LogP contribution in [0.3, 0.4) is 0 Å². The number of aromatic nitrogens is 1. The first-order chi connectivity index (χ1) is 14.5. The second-order valence-electron chi connectivity index (χ2n) is 6.96. The molecule has 2 aromatic rings. The normalized spacial score (nSPS) is 19.7. The van der Waals surface area contributed by atoms with E-state index in [1.54, 1.807) is 9.47 Å². The molecule has 3 heterocycles. The number of amides is 1. The van der Waals surface area contributed by atoms with Crippen LogP contribution in [0.25, 0.3) is 16.7 Å². The van der Waals surface area contributed by atoms with Crippen molar-refractivity contribution in [2.45, 2.75) is 33.7 Å². The molecule has 0 atom stereocenters. The van der Waals surface area contributed by atoms with Crippen molar-refractivity contribution in [3.05, 3.63) is 55.5 Å². The number of carbonyl (C=O) groups is 1. The monoisotopic (exact) mass is 457 g/mol. The van der Waals surface area contributed by atoms with Gasteiger partial charge in [0, 0.05) is 25.3 Å². The van der Waals surface area contributed by atoms with Gasteiger partial charge in [-0.1, -0.05) is 55.2 Å². The lowest BCUT2D eigenvalue weighted by atomic mass is 10.1. The summed E-state index contributed by atoms with van der Waals surface area (Å²) in [5.74, 6) is -0.105. The maximum absolute atomic E-state index is 13.5. The van der Waals surface area contributed by atoms with Gasteiger partial charge in [0.25, 0.3) is 11.5 Å². The number of fused-ring (bicyclic) bond motifs is 1. The molecule has 156 valence electrons. The van der Waals surface area contributed by atoms with Crippen molar-refractivity contribution in [2.75, 3.05) is 18.0 Å². The summed E-state index contributed by atoms with van der Waals surface area (Å²) in [5, 5.41) is 0. The molecule has 1 saturated heterocycles. The van der Waals surface area contributed by atoms with Crippen LogP contribution in [0, 0.1) is 0 Å². The Bertz CT molecular complexity index is 1240. The highest BCUT2D eigenvalue weighted by Crippen LogP contribution is 2.32. The number of hydrogen-bond acceptors (Lipinski definition) is 6. The van der Waals surface area contributed by atoms with Crippen LogP contribution in [0.1, 0.15) is 32.8 Å². The third-order valence-corrected chi connectivity index (χ3v) is 7.95. The van der Waals surface area contributed by atoms with E-state index in [1.165, 1.54) is 23.1 Å². The lowest BCUT2D eigenvalue weighted by Gasteiger charge is -2.28. The molecule has 1 aromatic carbocycles. The first kappa shape index (κ1) is 21.1. The SMILES string of the molecule is CCCn1c(=C2SC(=S)N(CC)C2=O)sc(=C2C=Cc3ccccc3N2CC)c1=O. The Balaban J connectivity index is 2.02. The number of thiazole rings is 1. The number of rotatable bonds is 4. The maximum atomic E-state index is 13.5. The van der Waals surface area contributed by atoms with Crippen molar-refractivity contribution in [3.8, 4) is 0 Å². The molecule has 0 spiro atoms. The molecule has 0 aliphatic carbocycles. The lowest BCUT2D eigenvalue weighted by molar-refractivity contribution is -0.120. The number of hydrogen-bond donors (Lipinski definition) is 0. The minimum absolute atomic E-state index is 0.0453. The average molecular weight is 458 g/mol. The van der Waals surface area contributed by atoms with Crippen LogP contribution in [-0.4, -0.2) is 32.8 Å². The number of thioether (sulfide) groups is 1. The predicted molar refractivity (Wildman–Crippen MR) is 131 cm³/mol. The molecule has 1 aromatic heterocycles. The van der Waals surface area contributed by atoms with Gasteiger partial charge in [0.05, 0.1) is 5.70 Å². The van der Waals surface area contributed by atoms with E-state index in [-0.39, 0.29) is 11.5 Å². The van der Waals surface area contributed by atoms with Gasteiger partial charge < -0.3 is 4.90 Å². The first-order valence-corrected chi connectivity index (χ1v) is 12.1. The lowest BCUT2D eigenvalue weighted by Crippen LogP contribution is -2.37. The molecular formula is C22H23N3O2S3. The molecule has 0 unspecified atom stereocenters. The summed E-state index contributed by atoms with van der Waals surface area (Å²) >= 11 is 8.08. The minimum Gasteiger partial charge on any atom is -0.340 e. The van der Waals surface area contributed by atoms with Crippen molar-refractivity contribution >= 4 is 67.9 Å². The van der Waals surface area contributed by atoms with Crippen LogP contribution >= 0.6 is 35.3 Å². The van der Waals surface area contributed by atoms with Gasteiger partial charge in [-0.2, -0.15) is 0 Å². The first-order valence-electron chi connectivity index (χ1n) is 10.1. The second kappa shape index (κ2) is 8.53. The topological polar surface area (TPSA) is 45.6 Å². The Morgan fingerprint density at radius 2 is 1.73 bits per heavy atom. The Hall–Kier alpha value is -2.16. The molecule has 4 rings (SSSR count). The van der Waals surface area contributed by atoms with Crippen molar-refractivity contribution in [3.63, 3.8) is 0 Å². The molecule has 0 N–H and O–H groups in total. The quantitative estimate of drug-likeness (QED) is 0.661.